The van der Waals surface area contributed by atoms with Crippen LogP contribution in [0, 0.1) is 0 Å². The molecule has 0 aliphatic carbocycles. The number of hydrogen-bond acceptors (Lipinski definition) is 2. The number of halogens is 2. The quantitative estimate of drug-likeness (QED) is 0.656. The van der Waals surface area contributed by atoms with Gasteiger partial charge >= 0.3 is 0 Å². The monoisotopic (exact) mass is 334 g/mol. The highest BCUT2D eigenvalue weighted by atomic mass is 79.9. The lowest BCUT2D eigenvalue weighted by molar-refractivity contribution is 0.642. The molecular formula is C11H16Br2N2. The third-order valence-electron chi connectivity index (χ3n) is 2.43. The molecule has 0 bridgehead atoms. The molecule has 0 radical (unpaired) electrons. The molecule has 4 heteroatoms. The average molecular weight is 336 g/mol. The Kier molecular flexibility index (Phi) is 4.77. The molecule has 2 nitrogen and oxygen atoms in total. The Morgan fingerprint density at radius 1 is 1.40 bits per heavy atom. The molecule has 84 valence electrons. The fourth-order valence-electron chi connectivity index (χ4n) is 1.40. The van der Waals surface area contributed by atoms with Gasteiger partial charge in [-0.2, -0.15) is 0 Å². The molecule has 0 amide bonds. The molecule has 1 rings (SSSR count). The van der Waals surface area contributed by atoms with Crippen LogP contribution >= 0.6 is 31.9 Å². The first-order valence-electron chi connectivity index (χ1n) is 4.98. The second kappa shape index (κ2) is 5.43. The molecule has 0 aromatic heterocycles. The lowest BCUT2D eigenvalue weighted by Gasteiger charge is -2.23. The summed E-state index contributed by atoms with van der Waals surface area (Å²) in [6.45, 7) is 2.71. The van der Waals surface area contributed by atoms with E-state index in [-0.39, 0.29) is 0 Å². The predicted octanol–water partition coefficient (Wildman–Crippen LogP) is 2.87. The van der Waals surface area contributed by atoms with Crippen molar-refractivity contribution in [1.82, 2.24) is 0 Å². The topological polar surface area (TPSA) is 52.0 Å². The van der Waals surface area contributed by atoms with Crippen molar-refractivity contribution in [1.29, 1.82) is 0 Å². The first-order valence-corrected chi connectivity index (χ1v) is 6.56. The van der Waals surface area contributed by atoms with Gasteiger partial charge in [0.2, 0.25) is 0 Å². The maximum atomic E-state index is 6.16. The standard InChI is InChI=1S/C11H16Br2N2/c1-2-11(13,15)9-7-8(5-6-14)3-4-10(9)12/h3-4,7H,2,5-6,14-15H2,1H3. The number of rotatable bonds is 4. The minimum atomic E-state index is -0.462. The van der Waals surface area contributed by atoms with E-state index in [4.69, 9.17) is 11.5 Å². The van der Waals surface area contributed by atoms with Crippen molar-refractivity contribution in [3.63, 3.8) is 0 Å². The van der Waals surface area contributed by atoms with E-state index in [1.54, 1.807) is 0 Å². The summed E-state index contributed by atoms with van der Waals surface area (Å²) >= 11 is 7.06. The van der Waals surface area contributed by atoms with Crippen LogP contribution in [0.2, 0.25) is 0 Å². The van der Waals surface area contributed by atoms with Crippen LogP contribution in [0.25, 0.3) is 0 Å². The Balaban J connectivity index is 3.10. The smallest absolute Gasteiger partial charge is 0.0980 e. The zero-order valence-corrected chi connectivity index (χ0v) is 11.9. The van der Waals surface area contributed by atoms with Gasteiger partial charge in [0.05, 0.1) is 4.45 Å². The van der Waals surface area contributed by atoms with Gasteiger partial charge in [0.1, 0.15) is 0 Å². The minimum Gasteiger partial charge on any atom is -0.330 e. The number of nitrogens with two attached hydrogens (primary N) is 2. The molecule has 0 fully saturated rings. The van der Waals surface area contributed by atoms with E-state index < -0.39 is 4.45 Å². The summed E-state index contributed by atoms with van der Waals surface area (Å²) < 4.78 is 0.570. The Morgan fingerprint density at radius 2 is 2.07 bits per heavy atom. The minimum absolute atomic E-state index is 0.462. The van der Waals surface area contributed by atoms with Crippen LogP contribution in [0.1, 0.15) is 24.5 Å². The van der Waals surface area contributed by atoms with Gasteiger partial charge in [-0.3, -0.25) is 0 Å². The third-order valence-corrected chi connectivity index (χ3v) is 4.11. The van der Waals surface area contributed by atoms with Gasteiger partial charge in [-0.15, -0.1) is 0 Å². The van der Waals surface area contributed by atoms with Crippen molar-refractivity contribution >= 4 is 31.9 Å². The summed E-state index contributed by atoms with van der Waals surface area (Å²) in [6, 6.07) is 6.20. The normalized spacial score (nSPS) is 15.0. The van der Waals surface area contributed by atoms with Gasteiger partial charge in [-0.05, 0) is 36.6 Å². The van der Waals surface area contributed by atoms with Gasteiger partial charge in [0.25, 0.3) is 0 Å². The highest BCUT2D eigenvalue weighted by Crippen LogP contribution is 2.34. The first kappa shape index (κ1) is 13.2. The Bertz CT molecular complexity index is 337. The lowest BCUT2D eigenvalue weighted by atomic mass is 10.0. The molecule has 0 saturated carbocycles. The molecule has 15 heavy (non-hydrogen) atoms. The zero-order valence-electron chi connectivity index (χ0n) is 8.76. The fourth-order valence-corrected chi connectivity index (χ4v) is 2.60. The maximum absolute atomic E-state index is 6.16. The zero-order chi connectivity index (χ0) is 11.5. The number of hydrogen-bond donors (Lipinski definition) is 2. The molecule has 0 aliphatic rings. The van der Waals surface area contributed by atoms with Crippen molar-refractivity contribution in [3.8, 4) is 0 Å². The van der Waals surface area contributed by atoms with Gasteiger partial charge in [0.15, 0.2) is 0 Å². The van der Waals surface area contributed by atoms with Gasteiger partial charge in [-0.25, -0.2) is 0 Å². The number of alkyl halides is 1. The van der Waals surface area contributed by atoms with Crippen molar-refractivity contribution in [2.24, 2.45) is 11.5 Å². The van der Waals surface area contributed by atoms with Crippen molar-refractivity contribution < 1.29 is 0 Å². The third kappa shape index (κ3) is 3.28. The first-order chi connectivity index (χ1) is 7.01. The summed E-state index contributed by atoms with van der Waals surface area (Å²) in [6.07, 6.45) is 1.71. The van der Waals surface area contributed by atoms with E-state index in [2.05, 4.69) is 50.9 Å². The van der Waals surface area contributed by atoms with E-state index in [0.717, 1.165) is 22.9 Å². The van der Waals surface area contributed by atoms with Crippen LogP contribution in [-0.2, 0) is 10.9 Å². The van der Waals surface area contributed by atoms with E-state index in [0.29, 0.717) is 6.54 Å². The molecule has 1 unspecified atom stereocenters. The Hall–Kier alpha value is 0.100. The summed E-state index contributed by atoms with van der Waals surface area (Å²) in [5.74, 6) is 0. The SMILES string of the molecule is CCC(N)(Br)c1cc(CCN)ccc1Br. The molecule has 1 aromatic rings. The van der Waals surface area contributed by atoms with Crippen LogP contribution in [-0.4, -0.2) is 6.54 Å². The molecule has 1 atom stereocenters. The Labute approximate surface area is 108 Å². The molecular weight excluding hydrogens is 320 g/mol. The van der Waals surface area contributed by atoms with Gasteiger partial charge in [0, 0.05) is 4.47 Å². The van der Waals surface area contributed by atoms with Crippen LogP contribution in [0.3, 0.4) is 0 Å². The Morgan fingerprint density at radius 3 is 2.60 bits per heavy atom. The van der Waals surface area contributed by atoms with Crippen molar-refractivity contribution in [2.45, 2.75) is 24.2 Å². The lowest BCUT2D eigenvalue weighted by Crippen LogP contribution is -2.29. The summed E-state index contributed by atoms with van der Waals surface area (Å²) in [4.78, 5) is 0. The predicted molar refractivity (Wildman–Crippen MR) is 72.0 cm³/mol. The molecule has 0 aliphatic heterocycles. The largest absolute Gasteiger partial charge is 0.330 e. The van der Waals surface area contributed by atoms with Crippen molar-refractivity contribution in [2.75, 3.05) is 6.54 Å². The van der Waals surface area contributed by atoms with E-state index >= 15 is 0 Å². The van der Waals surface area contributed by atoms with Crippen molar-refractivity contribution in [3.05, 3.63) is 33.8 Å². The van der Waals surface area contributed by atoms with Gasteiger partial charge in [-0.1, -0.05) is 50.9 Å². The number of benzene rings is 1. The fraction of sp³-hybridized carbons (Fsp3) is 0.455. The molecule has 1 aromatic carbocycles. The molecule has 0 spiro atoms. The summed E-state index contributed by atoms with van der Waals surface area (Å²) in [7, 11) is 0. The second-order valence-corrected chi connectivity index (χ2v) is 5.84. The molecule has 0 heterocycles. The second-order valence-electron chi connectivity index (χ2n) is 3.57. The van der Waals surface area contributed by atoms with Crippen LogP contribution in [0.4, 0.5) is 0 Å². The summed E-state index contributed by atoms with van der Waals surface area (Å²) in [5, 5.41) is 0. The summed E-state index contributed by atoms with van der Waals surface area (Å²) in [5.41, 5.74) is 14.0. The average Bonchev–Trinajstić information content (AvgIpc) is 2.21. The highest BCUT2D eigenvalue weighted by Gasteiger charge is 2.23. The van der Waals surface area contributed by atoms with E-state index in [1.807, 2.05) is 6.07 Å². The van der Waals surface area contributed by atoms with E-state index in [9.17, 15) is 0 Å². The molecule has 4 N–H and O–H groups in total. The highest BCUT2D eigenvalue weighted by molar-refractivity contribution is 9.11. The van der Waals surface area contributed by atoms with Crippen LogP contribution in [0.15, 0.2) is 22.7 Å². The van der Waals surface area contributed by atoms with Gasteiger partial charge < -0.3 is 11.5 Å². The van der Waals surface area contributed by atoms with E-state index in [1.165, 1.54) is 5.56 Å². The van der Waals surface area contributed by atoms with Crippen LogP contribution in [0.5, 0.6) is 0 Å². The maximum Gasteiger partial charge on any atom is 0.0980 e. The molecule has 0 saturated heterocycles. The van der Waals surface area contributed by atoms with Crippen LogP contribution < -0.4 is 11.5 Å².